The van der Waals surface area contributed by atoms with E-state index in [1.165, 1.54) is 28.0 Å². The van der Waals surface area contributed by atoms with Crippen LogP contribution in [0.2, 0.25) is 0 Å². The smallest absolute Gasteiger partial charge is 0.238 e. The second kappa shape index (κ2) is 7.56. The van der Waals surface area contributed by atoms with Crippen LogP contribution in [0.1, 0.15) is 6.42 Å². The van der Waals surface area contributed by atoms with Gasteiger partial charge in [0, 0.05) is 5.69 Å². The molecule has 2 bridgehead atoms. The molecule has 3 aliphatic rings. The van der Waals surface area contributed by atoms with Gasteiger partial charge in [0.05, 0.1) is 33.5 Å². The second-order valence-electron chi connectivity index (χ2n) is 8.35. The molecule has 0 unspecified atom stereocenters. The van der Waals surface area contributed by atoms with Gasteiger partial charge < -0.3 is 5.32 Å². The van der Waals surface area contributed by atoms with Crippen LogP contribution in [0.5, 0.6) is 0 Å². The number of amides is 3. The quantitative estimate of drug-likeness (QED) is 0.347. The summed E-state index contributed by atoms with van der Waals surface area (Å²) >= 11 is 2.84. The van der Waals surface area contributed by atoms with Crippen molar-refractivity contribution in [3.05, 3.63) is 60.7 Å². The maximum Gasteiger partial charge on any atom is 0.238 e. The summed E-state index contributed by atoms with van der Waals surface area (Å²) in [7, 11) is 0. The van der Waals surface area contributed by atoms with Gasteiger partial charge in [0.2, 0.25) is 17.7 Å². The number of hydrogen-bond acceptors (Lipinski definition) is 6. The Labute approximate surface area is 192 Å². The van der Waals surface area contributed by atoms with Crippen LogP contribution in [-0.2, 0) is 14.4 Å². The number of nitrogens with zero attached hydrogens (tertiary/aromatic N) is 2. The SMILES string of the molecule is O=C(CSc1nc2ccc(N3C(=O)[C@@H]4[C@H](C3=O)[C@H]3C=C[C@H]4C3)cc2s1)Nc1ccccc1. The van der Waals surface area contributed by atoms with Crippen LogP contribution in [-0.4, -0.2) is 28.5 Å². The van der Waals surface area contributed by atoms with E-state index in [1.807, 2.05) is 42.5 Å². The normalized spacial score (nSPS) is 25.7. The maximum absolute atomic E-state index is 13.1. The van der Waals surface area contributed by atoms with Gasteiger partial charge in [-0.3, -0.25) is 14.4 Å². The molecular formula is C24H19N3O3S2. The zero-order valence-electron chi connectivity index (χ0n) is 16.9. The Hall–Kier alpha value is -2.97. The number of imide groups is 1. The average Bonchev–Trinajstić information content (AvgIpc) is 3.55. The molecule has 1 N–H and O–H groups in total. The Balaban J connectivity index is 1.18. The van der Waals surface area contributed by atoms with Crippen molar-refractivity contribution in [2.24, 2.45) is 23.7 Å². The van der Waals surface area contributed by atoms with Gasteiger partial charge in [-0.15, -0.1) is 11.3 Å². The molecular weight excluding hydrogens is 442 g/mol. The van der Waals surface area contributed by atoms with Crippen LogP contribution in [0.25, 0.3) is 10.2 Å². The van der Waals surface area contributed by atoms with E-state index in [-0.39, 0.29) is 47.1 Å². The third-order valence-corrected chi connectivity index (χ3v) is 8.63. The Kier molecular flexibility index (Phi) is 4.66. The maximum atomic E-state index is 13.1. The Morgan fingerprint density at radius 3 is 2.50 bits per heavy atom. The molecule has 160 valence electrons. The molecule has 6 nitrogen and oxygen atoms in total. The predicted octanol–water partition coefficient (Wildman–Crippen LogP) is 4.34. The van der Waals surface area contributed by atoms with Crippen molar-refractivity contribution in [3.8, 4) is 0 Å². The number of allylic oxidation sites excluding steroid dienone is 2. The first-order valence-corrected chi connectivity index (χ1v) is 12.3. The molecule has 3 amide bonds. The van der Waals surface area contributed by atoms with Crippen LogP contribution >= 0.6 is 23.1 Å². The molecule has 2 fully saturated rings. The highest BCUT2D eigenvalue weighted by atomic mass is 32.2. The molecule has 2 aliphatic carbocycles. The molecule has 1 aromatic heterocycles. The summed E-state index contributed by atoms with van der Waals surface area (Å²) in [4.78, 5) is 44.3. The van der Waals surface area contributed by atoms with E-state index in [4.69, 9.17) is 0 Å². The van der Waals surface area contributed by atoms with Crippen molar-refractivity contribution >= 4 is 62.4 Å². The highest BCUT2D eigenvalue weighted by Gasteiger charge is 2.59. The van der Waals surface area contributed by atoms with Crippen LogP contribution in [0.3, 0.4) is 0 Å². The third kappa shape index (κ3) is 3.17. The number of thiazole rings is 1. The Morgan fingerprint density at radius 1 is 1.06 bits per heavy atom. The van der Waals surface area contributed by atoms with Crippen LogP contribution in [0, 0.1) is 23.7 Å². The van der Waals surface area contributed by atoms with Crippen LogP contribution in [0.15, 0.2) is 65.0 Å². The molecule has 1 saturated heterocycles. The lowest BCUT2D eigenvalue weighted by atomic mass is 9.85. The molecule has 2 aromatic carbocycles. The van der Waals surface area contributed by atoms with E-state index in [2.05, 4.69) is 22.5 Å². The molecule has 0 radical (unpaired) electrons. The summed E-state index contributed by atoms with van der Waals surface area (Å²) < 4.78 is 1.67. The number of anilines is 2. The molecule has 0 spiro atoms. The molecule has 32 heavy (non-hydrogen) atoms. The number of nitrogens with one attached hydrogen (secondary N) is 1. The number of para-hydroxylation sites is 1. The van der Waals surface area contributed by atoms with Gasteiger partial charge in [0.1, 0.15) is 0 Å². The van der Waals surface area contributed by atoms with Crippen molar-refractivity contribution in [3.63, 3.8) is 0 Å². The largest absolute Gasteiger partial charge is 0.325 e. The van der Waals surface area contributed by atoms with E-state index in [0.29, 0.717) is 5.69 Å². The minimum absolute atomic E-state index is 0.0760. The first-order valence-electron chi connectivity index (χ1n) is 10.5. The number of carbonyl (C=O) groups excluding carboxylic acids is 3. The van der Waals surface area contributed by atoms with Gasteiger partial charge in [-0.05, 0) is 48.6 Å². The van der Waals surface area contributed by atoms with Gasteiger partial charge in [-0.2, -0.15) is 0 Å². The standard InChI is InChI=1S/C24H19N3O3S2/c28-19(25-15-4-2-1-3-5-15)12-31-24-26-17-9-8-16(11-18(17)32-24)27-22(29)20-13-6-7-14(10-13)21(20)23(27)30/h1-9,11,13-14,20-21H,10,12H2,(H,25,28)/t13-,14-,20-,21+/m0/s1. The number of hydrogen-bond donors (Lipinski definition) is 1. The molecule has 6 rings (SSSR count). The average molecular weight is 462 g/mol. The lowest BCUT2D eigenvalue weighted by molar-refractivity contribution is -0.123. The first kappa shape index (κ1) is 19.7. The molecule has 8 heteroatoms. The number of aromatic nitrogens is 1. The molecule has 2 heterocycles. The predicted molar refractivity (Wildman–Crippen MR) is 126 cm³/mol. The van der Waals surface area contributed by atoms with Crippen LogP contribution < -0.4 is 10.2 Å². The van der Waals surface area contributed by atoms with Crippen molar-refractivity contribution in [2.45, 2.75) is 10.8 Å². The first-order chi connectivity index (χ1) is 15.6. The number of carbonyl (C=O) groups is 3. The summed E-state index contributed by atoms with van der Waals surface area (Å²) in [6.07, 6.45) is 5.13. The lowest BCUT2D eigenvalue weighted by Gasteiger charge is -2.17. The Bertz CT molecular complexity index is 1260. The summed E-state index contributed by atoms with van der Waals surface area (Å²) in [5.41, 5.74) is 2.18. The summed E-state index contributed by atoms with van der Waals surface area (Å²) in [5, 5.41) is 2.86. The fraction of sp³-hybridized carbons (Fsp3) is 0.250. The van der Waals surface area contributed by atoms with E-state index in [0.717, 1.165) is 26.7 Å². The minimum atomic E-state index is -0.205. The van der Waals surface area contributed by atoms with Gasteiger partial charge in [-0.1, -0.05) is 42.1 Å². The molecule has 3 aromatic rings. The minimum Gasteiger partial charge on any atom is -0.325 e. The summed E-state index contributed by atoms with van der Waals surface area (Å²) in [6.45, 7) is 0. The zero-order chi connectivity index (χ0) is 21.8. The van der Waals surface area contributed by atoms with Gasteiger partial charge >= 0.3 is 0 Å². The highest BCUT2D eigenvalue weighted by molar-refractivity contribution is 8.01. The monoisotopic (exact) mass is 461 g/mol. The second-order valence-corrected chi connectivity index (χ2v) is 10.6. The van der Waals surface area contributed by atoms with E-state index in [9.17, 15) is 14.4 Å². The summed E-state index contributed by atoms with van der Waals surface area (Å²) in [6, 6.07) is 14.8. The topological polar surface area (TPSA) is 79.4 Å². The fourth-order valence-electron chi connectivity index (χ4n) is 5.10. The van der Waals surface area contributed by atoms with Gasteiger partial charge in [0.15, 0.2) is 4.34 Å². The van der Waals surface area contributed by atoms with Crippen molar-refractivity contribution in [2.75, 3.05) is 16.0 Å². The van der Waals surface area contributed by atoms with Crippen molar-refractivity contribution in [1.29, 1.82) is 0 Å². The fourth-order valence-corrected chi connectivity index (χ4v) is 7.00. The van der Waals surface area contributed by atoms with Gasteiger partial charge in [0.25, 0.3) is 0 Å². The van der Waals surface area contributed by atoms with E-state index >= 15 is 0 Å². The summed E-state index contributed by atoms with van der Waals surface area (Å²) in [5.74, 6) is -0.00546. The van der Waals surface area contributed by atoms with Crippen molar-refractivity contribution in [1.82, 2.24) is 4.98 Å². The van der Waals surface area contributed by atoms with E-state index < -0.39 is 0 Å². The lowest BCUT2D eigenvalue weighted by Crippen LogP contribution is -2.32. The van der Waals surface area contributed by atoms with Gasteiger partial charge in [-0.25, -0.2) is 9.88 Å². The molecule has 1 aliphatic heterocycles. The number of rotatable bonds is 5. The number of thioether (sulfide) groups is 1. The highest BCUT2D eigenvalue weighted by Crippen LogP contribution is 2.53. The number of fused-ring (bicyclic) bond motifs is 6. The van der Waals surface area contributed by atoms with Crippen molar-refractivity contribution < 1.29 is 14.4 Å². The third-order valence-electron chi connectivity index (χ3n) is 6.47. The zero-order valence-corrected chi connectivity index (χ0v) is 18.6. The molecule has 4 atom stereocenters. The molecule has 1 saturated carbocycles. The van der Waals surface area contributed by atoms with E-state index in [1.54, 1.807) is 6.07 Å². The van der Waals surface area contributed by atoms with Crippen LogP contribution in [0.4, 0.5) is 11.4 Å². The Morgan fingerprint density at radius 2 is 1.78 bits per heavy atom. The number of benzene rings is 2.